The number of benzene rings is 2. The molecule has 3 N–H and O–H groups in total. The lowest BCUT2D eigenvalue weighted by atomic mass is 10.1. The average molecular weight is 567 g/mol. The number of halogens is 3. The van der Waals surface area contributed by atoms with Gasteiger partial charge in [-0.3, -0.25) is 19.2 Å². The SMILES string of the molecule is N#Cc1ccc(CONC(=O)c2ccccc2NCc2ccnc(NC(=O)C3CCCN3C(=O)C(F)(F)F)c2)cc1. The second-order valence-corrected chi connectivity index (χ2v) is 9.12. The molecule has 1 unspecified atom stereocenters. The van der Waals surface area contributed by atoms with Crippen LogP contribution in [0, 0.1) is 11.3 Å². The Labute approximate surface area is 233 Å². The molecule has 2 heterocycles. The molecule has 1 aliphatic rings. The second-order valence-electron chi connectivity index (χ2n) is 9.12. The lowest BCUT2D eigenvalue weighted by molar-refractivity contribution is -0.186. The van der Waals surface area contributed by atoms with Crippen molar-refractivity contribution in [3.8, 4) is 6.07 Å². The van der Waals surface area contributed by atoms with Gasteiger partial charge in [0.15, 0.2) is 0 Å². The van der Waals surface area contributed by atoms with Crippen LogP contribution in [0.5, 0.6) is 0 Å². The Morgan fingerprint density at radius 2 is 1.83 bits per heavy atom. The normalized spacial score (nSPS) is 14.7. The highest BCUT2D eigenvalue weighted by Gasteiger charge is 2.47. The summed E-state index contributed by atoms with van der Waals surface area (Å²) in [6.45, 7) is 0.173. The van der Waals surface area contributed by atoms with Crippen LogP contribution in [0.15, 0.2) is 66.9 Å². The Morgan fingerprint density at radius 1 is 1.07 bits per heavy atom. The van der Waals surface area contributed by atoms with Gasteiger partial charge in [-0.25, -0.2) is 10.5 Å². The number of carbonyl (C=O) groups excluding carboxylic acids is 3. The Hall–Kier alpha value is -4.96. The molecule has 0 radical (unpaired) electrons. The van der Waals surface area contributed by atoms with Crippen molar-refractivity contribution in [1.29, 1.82) is 5.26 Å². The van der Waals surface area contributed by atoms with E-state index in [0.29, 0.717) is 27.3 Å². The van der Waals surface area contributed by atoms with Crippen LogP contribution in [0.3, 0.4) is 0 Å². The fraction of sp³-hybridized carbons (Fsp3) is 0.250. The third-order valence-corrected chi connectivity index (χ3v) is 6.28. The Bertz CT molecular complexity index is 1460. The molecule has 0 bridgehead atoms. The van der Waals surface area contributed by atoms with E-state index in [1.54, 1.807) is 60.7 Å². The number of nitrogens with one attached hydrogen (secondary N) is 3. The van der Waals surface area contributed by atoms with Gasteiger partial charge in [0, 0.05) is 25.0 Å². The molecule has 1 atom stereocenters. The van der Waals surface area contributed by atoms with E-state index in [1.807, 2.05) is 6.07 Å². The third-order valence-electron chi connectivity index (χ3n) is 6.28. The maximum absolute atomic E-state index is 12.9. The zero-order chi connectivity index (χ0) is 29.4. The second kappa shape index (κ2) is 12.9. The van der Waals surface area contributed by atoms with E-state index in [1.165, 1.54) is 6.20 Å². The number of aromatic nitrogens is 1. The number of para-hydroxylation sites is 1. The van der Waals surface area contributed by atoms with Gasteiger partial charge < -0.3 is 15.5 Å². The van der Waals surface area contributed by atoms with Gasteiger partial charge in [0.1, 0.15) is 11.9 Å². The van der Waals surface area contributed by atoms with Crippen LogP contribution in [-0.2, 0) is 27.6 Å². The van der Waals surface area contributed by atoms with Crippen molar-refractivity contribution >= 4 is 29.2 Å². The molecule has 0 saturated carbocycles. The van der Waals surface area contributed by atoms with Crippen molar-refractivity contribution < 1.29 is 32.4 Å². The van der Waals surface area contributed by atoms with Crippen molar-refractivity contribution in [3.05, 3.63) is 89.1 Å². The first-order valence-corrected chi connectivity index (χ1v) is 12.5. The van der Waals surface area contributed by atoms with Crippen LogP contribution >= 0.6 is 0 Å². The van der Waals surface area contributed by atoms with Crippen molar-refractivity contribution in [2.45, 2.75) is 38.2 Å². The van der Waals surface area contributed by atoms with Crippen molar-refractivity contribution in [1.82, 2.24) is 15.4 Å². The van der Waals surface area contributed by atoms with E-state index >= 15 is 0 Å². The molecular weight excluding hydrogens is 541 g/mol. The minimum atomic E-state index is -5.06. The molecule has 13 heteroatoms. The molecule has 3 aromatic rings. The number of hydrogen-bond donors (Lipinski definition) is 3. The zero-order valence-corrected chi connectivity index (χ0v) is 21.6. The van der Waals surface area contributed by atoms with E-state index in [2.05, 4.69) is 21.1 Å². The average Bonchev–Trinajstić information content (AvgIpc) is 3.46. The molecule has 1 aromatic heterocycles. The molecule has 1 saturated heterocycles. The lowest BCUT2D eigenvalue weighted by Gasteiger charge is -2.24. The number of nitriles is 1. The summed E-state index contributed by atoms with van der Waals surface area (Å²) in [5.41, 5.74) is 5.15. The van der Waals surface area contributed by atoms with Crippen LogP contribution in [-0.4, -0.2) is 46.4 Å². The molecule has 41 heavy (non-hydrogen) atoms. The van der Waals surface area contributed by atoms with Gasteiger partial charge in [0.05, 0.1) is 23.8 Å². The fourth-order valence-electron chi connectivity index (χ4n) is 4.26. The van der Waals surface area contributed by atoms with Gasteiger partial charge in [-0.1, -0.05) is 24.3 Å². The van der Waals surface area contributed by atoms with Crippen LogP contribution in [0.25, 0.3) is 0 Å². The monoisotopic (exact) mass is 566 g/mol. The molecule has 0 spiro atoms. The Kier molecular flexibility index (Phi) is 9.15. The maximum atomic E-state index is 12.9. The smallest absolute Gasteiger partial charge is 0.380 e. The van der Waals surface area contributed by atoms with Crippen molar-refractivity contribution in [2.24, 2.45) is 0 Å². The topological polar surface area (TPSA) is 136 Å². The summed E-state index contributed by atoms with van der Waals surface area (Å²) in [7, 11) is 0. The molecule has 212 valence electrons. The largest absolute Gasteiger partial charge is 0.471 e. The van der Waals surface area contributed by atoms with E-state index in [-0.39, 0.29) is 38.4 Å². The van der Waals surface area contributed by atoms with Crippen LogP contribution in [0.4, 0.5) is 24.7 Å². The van der Waals surface area contributed by atoms with Gasteiger partial charge >= 0.3 is 12.1 Å². The molecule has 0 aliphatic carbocycles. The summed E-state index contributed by atoms with van der Waals surface area (Å²) < 4.78 is 38.7. The van der Waals surface area contributed by atoms with Gasteiger partial charge in [-0.15, -0.1) is 0 Å². The Balaban J connectivity index is 1.33. The first-order valence-electron chi connectivity index (χ1n) is 12.5. The Morgan fingerprint density at radius 3 is 2.56 bits per heavy atom. The van der Waals surface area contributed by atoms with E-state index in [4.69, 9.17) is 10.1 Å². The molecule has 3 amide bonds. The van der Waals surface area contributed by atoms with E-state index in [0.717, 1.165) is 5.56 Å². The number of rotatable bonds is 9. The lowest BCUT2D eigenvalue weighted by Crippen LogP contribution is -2.48. The number of anilines is 2. The fourth-order valence-corrected chi connectivity index (χ4v) is 4.26. The molecule has 10 nitrogen and oxygen atoms in total. The first kappa shape index (κ1) is 29.0. The van der Waals surface area contributed by atoms with Crippen molar-refractivity contribution in [3.63, 3.8) is 0 Å². The summed E-state index contributed by atoms with van der Waals surface area (Å²) in [5, 5.41) is 14.5. The van der Waals surface area contributed by atoms with Crippen LogP contribution in [0.2, 0.25) is 0 Å². The van der Waals surface area contributed by atoms with Gasteiger partial charge in [-0.2, -0.15) is 18.4 Å². The molecule has 2 aromatic carbocycles. The summed E-state index contributed by atoms with van der Waals surface area (Å²) in [5.74, 6) is -3.16. The maximum Gasteiger partial charge on any atom is 0.471 e. The molecule has 1 aliphatic heterocycles. The number of alkyl halides is 3. The summed E-state index contributed by atoms with van der Waals surface area (Å²) in [4.78, 5) is 47.0. The molecule has 4 rings (SSSR count). The predicted octanol–water partition coefficient (Wildman–Crippen LogP) is 3.92. The number of nitrogens with zero attached hydrogens (tertiary/aromatic N) is 3. The van der Waals surface area contributed by atoms with E-state index < -0.39 is 29.9 Å². The number of likely N-dealkylation sites (tertiary alicyclic amines) is 1. The highest BCUT2D eigenvalue weighted by molar-refractivity contribution is 5.99. The van der Waals surface area contributed by atoms with Crippen molar-refractivity contribution in [2.75, 3.05) is 17.2 Å². The highest BCUT2D eigenvalue weighted by Crippen LogP contribution is 2.26. The number of amides is 3. The minimum absolute atomic E-state index is 0.0987. The third kappa shape index (κ3) is 7.58. The standard InChI is InChI=1S/C28H25F3N6O4/c29-28(30,31)27(40)37-13-3-6-23(37)26(39)35-24-14-20(11-12-33-24)16-34-22-5-2-1-4-21(22)25(38)36-41-17-19-9-7-18(15-32)8-10-19/h1-2,4-5,7-12,14,23,34H,3,6,13,16-17H2,(H,36,38)(H,33,35,39). The predicted molar refractivity (Wildman–Crippen MR) is 141 cm³/mol. The number of carbonyl (C=O) groups is 3. The summed E-state index contributed by atoms with van der Waals surface area (Å²) in [6.07, 6.45) is -3.23. The minimum Gasteiger partial charge on any atom is -0.380 e. The molecule has 1 fully saturated rings. The summed E-state index contributed by atoms with van der Waals surface area (Å²) in [6, 6.07) is 17.5. The highest BCUT2D eigenvalue weighted by atomic mass is 19.4. The quantitative estimate of drug-likeness (QED) is 0.334. The van der Waals surface area contributed by atoms with Crippen LogP contribution in [0.1, 0.15) is 39.9 Å². The van der Waals surface area contributed by atoms with Crippen LogP contribution < -0.4 is 16.1 Å². The summed E-state index contributed by atoms with van der Waals surface area (Å²) >= 11 is 0. The first-order chi connectivity index (χ1) is 19.7. The number of pyridine rings is 1. The van der Waals surface area contributed by atoms with E-state index in [9.17, 15) is 27.6 Å². The van der Waals surface area contributed by atoms with Gasteiger partial charge in [0.2, 0.25) is 5.91 Å². The number of hydrogen-bond acceptors (Lipinski definition) is 7. The van der Waals surface area contributed by atoms with Gasteiger partial charge in [0.25, 0.3) is 5.91 Å². The number of hydroxylamine groups is 1. The molecular formula is C28H25F3N6O4. The zero-order valence-electron chi connectivity index (χ0n) is 21.6. The van der Waals surface area contributed by atoms with Gasteiger partial charge in [-0.05, 0) is 60.4 Å².